The third-order valence-corrected chi connectivity index (χ3v) is 5.88. The van der Waals surface area contributed by atoms with E-state index in [1.807, 2.05) is 30.3 Å². The lowest BCUT2D eigenvalue weighted by Crippen LogP contribution is -2.33. The van der Waals surface area contributed by atoms with Crippen molar-refractivity contribution in [1.29, 1.82) is 0 Å². The van der Waals surface area contributed by atoms with Crippen LogP contribution in [0.15, 0.2) is 82.9 Å². The van der Waals surface area contributed by atoms with E-state index in [2.05, 4.69) is 25.6 Å². The Kier molecular flexibility index (Phi) is 7.16. The molecule has 0 fully saturated rings. The minimum Gasteiger partial charge on any atom is -0.469 e. The second kappa shape index (κ2) is 11.0. The number of halogens is 2. The predicted molar refractivity (Wildman–Crippen MR) is 136 cm³/mol. The van der Waals surface area contributed by atoms with Crippen molar-refractivity contribution in [3.8, 4) is 0 Å². The van der Waals surface area contributed by atoms with Gasteiger partial charge in [-0.2, -0.15) is 0 Å². The van der Waals surface area contributed by atoms with Crippen LogP contribution in [0.25, 0.3) is 10.9 Å². The van der Waals surface area contributed by atoms with Gasteiger partial charge in [-0.1, -0.05) is 12.1 Å². The number of benzene rings is 2. The highest BCUT2D eigenvalue weighted by Gasteiger charge is 2.14. The second-order valence-corrected chi connectivity index (χ2v) is 8.50. The van der Waals surface area contributed by atoms with E-state index >= 15 is 0 Å². The van der Waals surface area contributed by atoms with Crippen molar-refractivity contribution in [1.82, 2.24) is 24.8 Å². The number of aromatic nitrogens is 4. The number of amides is 1. The molecular weight excluding hydrogens is 494 g/mol. The van der Waals surface area contributed by atoms with E-state index in [9.17, 15) is 18.4 Å². The zero-order chi connectivity index (χ0) is 26.5. The van der Waals surface area contributed by atoms with E-state index in [0.717, 1.165) is 38.9 Å². The molecule has 0 atom stereocenters. The Morgan fingerprint density at radius 3 is 2.71 bits per heavy atom. The van der Waals surface area contributed by atoms with E-state index in [1.54, 1.807) is 6.26 Å². The average Bonchev–Trinajstić information content (AvgIpc) is 3.44. The lowest BCUT2D eigenvalue weighted by atomic mass is 10.1. The van der Waals surface area contributed by atoms with Crippen LogP contribution < -0.4 is 16.2 Å². The summed E-state index contributed by atoms with van der Waals surface area (Å²) >= 11 is 0. The van der Waals surface area contributed by atoms with Crippen LogP contribution in [0.3, 0.4) is 0 Å². The van der Waals surface area contributed by atoms with Crippen molar-refractivity contribution in [3.63, 3.8) is 0 Å². The van der Waals surface area contributed by atoms with Gasteiger partial charge in [-0.25, -0.2) is 23.7 Å². The summed E-state index contributed by atoms with van der Waals surface area (Å²) in [5.41, 5.74) is 1.11. The number of rotatable bonds is 9. The van der Waals surface area contributed by atoms with Gasteiger partial charge in [0.25, 0.3) is 11.5 Å². The Hall–Kier alpha value is -4.93. The van der Waals surface area contributed by atoms with E-state index in [4.69, 9.17) is 4.42 Å². The molecule has 0 aliphatic carbocycles. The molecule has 0 spiro atoms. The zero-order valence-corrected chi connectivity index (χ0v) is 20.0. The third-order valence-electron chi connectivity index (χ3n) is 5.88. The molecule has 2 aromatic carbocycles. The van der Waals surface area contributed by atoms with Gasteiger partial charge < -0.3 is 15.1 Å². The van der Waals surface area contributed by atoms with Crippen molar-refractivity contribution in [3.05, 3.63) is 118 Å². The fourth-order valence-corrected chi connectivity index (χ4v) is 3.94. The Balaban J connectivity index is 1.27. The molecule has 0 aliphatic heterocycles. The van der Waals surface area contributed by atoms with Gasteiger partial charge in [-0.05, 0) is 47.5 Å². The molecule has 5 aromatic rings. The first kappa shape index (κ1) is 24.8. The van der Waals surface area contributed by atoms with Gasteiger partial charge in [0.1, 0.15) is 23.5 Å². The van der Waals surface area contributed by atoms with E-state index in [-0.39, 0.29) is 18.7 Å². The molecule has 3 aromatic heterocycles. The number of carbonyl (C=O) groups excluding carboxylic acids is 1. The quantitative estimate of drug-likeness (QED) is 0.307. The minimum atomic E-state index is -1.02. The molecule has 9 nitrogen and oxygen atoms in total. The van der Waals surface area contributed by atoms with Crippen LogP contribution in [-0.4, -0.2) is 32.0 Å². The Labute approximate surface area is 215 Å². The first-order chi connectivity index (χ1) is 18.5. The van der Waals surface area contributed by atoms with Crippen molar-refractivity contribution in [2.24, 2.45) is 0 Å². The first-order valence-corrected chi connectivity index (χ1v) is 11.7. The molecule has 2 N–H and O–H groups in total. The number of anilines is 1. The van der Waals surface area contributed by atoms with Crippen LogP contribution in [-0.2, 0) is 19.5 Å². The van der Waals surface area contributed by atoms with Crippen molar-refractivity contribution < 1.29 is 18.0 Å². The van der Waals surface area contributed by atoms with Crippen molar-refractivity contribution >= 4 is 22.6 Å². The van der Waals surface area contributed by atoms with Gasteiger partial charge in [0.05, 0.1) is 24.7 Å². The van der Waals surface area contributed by atoms with E-state index in [1.165, 1.54) is 24.9 Å². The van der Waals surface area contributed by atoms with E-state index < -0.39 is 23.1 Å². The summed E-state index contributed by atoms with van der Waals surface area (Å²) in [4.78, 5) is 38.2. The summed E-state index contributed by atoms with van der Waals surface area (Å²) in [7, 11) is 0. The molecule has 0 radical (unpaired) electrons. The normalized spacial score (nSPS) is 11.0. The number of carbonyl (C=O) groups is 1. The maximum absolute atomic E-state index is 13.5. The van der Waals surface area contributed by atoms with Gasteiger partial charge >= 0.3 is 0 Å². The Morgan fingerprint density at radius 1 is 1.03 bits per heavy atom. The number of furan rings is 1. The summed E-state index contributed by atoms with van der Waals surface area (Å²) in [5.74, 6) is -1.09. The van der Waals surface area contributed by atoms with Crippen molar-refractivity contribution in [2.75, 3.05) is 11.9 Å². The fraction of sp³-hybridized carbons (Fsp3) is 0.148. The van der Waals surface area contributed by atoms with Gasteiger partial charge in [0, 0.05) is 31.1 Å². The average molecular weight is 517 g/mol. The molecule has 38 heavy (non-hydrogen) atoms. The standard InChI is InChI=1S/C27H22F2N6O3/c28-22-5-3-18(11-23(22)29)14-35-16-30-13-21(27(35)37)26(36)32-12-17-4-6-24-20(10-17)25(34-15-33-24)31-8-7-19-2-1-9-38-19/h1-6,9-11,13,15-16H,7-8,12,14H2,(H,32,36)(H,31,33,34). The summed E-state index contributed by atoms with van der Waals surface area (Å²) in [6.07, 6.45) is 6.21. The molecule has 0 saturated carbocycles. The lowest BCUT2D eigenvalue weighted by molar-refractivity contribution is 0.0948. The van der Waals surface area contributed by atoms with Gasteiger partial charge in [0.2, 0.25) is 0 Å². The zero-order valence-electron chi connectivity index (χ0n) is 20.0. The molecule has 5 rings (SSSR count). The highest BCUT2D eigenvalue weighted by atomic mass is 19.2. The predicted octanol–water partition coefficient (Wildman–Crippen LogP) is 3.69. The molecule has 0 saturated heterocycles. The van der Waals surface area contributed by atoms with Crippen molar-refractivity contribution in [2.45, 2.75) is 19.5 Å². The third kappa shape index (κ3) is 5.56. The number of hydrogen-bond acceptors (Lipinski definition) is 7. The highest BCUT2D eigenvalue weighted by Crippen LogP contribution is 2.21. The van der Waals surface area contributed by atoms with Crippen LogP contribution in [0.5, 0.6) is 0 Å². The largest absolute Gasteiger partial charge is 0.469 e. The first-order valence-electron chi connectivity index (χ1n) is 11.7. The van der Waals surface area contributed by atoms with Crippen LogP contribution >= 0.6 is 0 Å². The molecule has 0 bridgehead atoms. The minimum absolute atomic E-state index is 0.0650. The highest BCUT2D eigenvalue weighted by molar-refractivity contribution is 5.93. The van der Waals surface area contributed by atoms with Crippen LogP contribution in [0, 0.1) is 11.6 Å². The monoisotopic (exact) mass is 516 g/mol. The summed E-state index contributed by atoms with van der Waals surface area (Å²) in [6.45, 7) is 0.690. The molecule has 1 amide bonds. The summed E-state index contributed by atoms with van der Waals surface area (Å²) in [6, 6.07) is 12.6. The smallest absolute Gasteiger partial charge is 0.266 e. The van der Waals surface area contributed by atoms with E-state index in [0.29, 0.717) is 24.3 Å². The van der Waals surface area contributed by atoms with Gasteiger partial charge in [-0.15, -0.1) is 0 Å². The Bertz CT molecular complexity index is 1650. The lowest BCUT2D eigenvalue weighted by Gasteiger charge is -2.11. The maximum Gasteiger partial charge on any atom is 0.266 e. The fourth-order valence-electron chi connectivity index (χ4n) is 3.94. The number of nitrogens with one attached hydrogen (secondary N) is 2. The topological polar surface area (TPSA) is 115 Å². The summed E-state index contributed by atoms with van der Waals surface area (Å²) < 4.78 is 33.3. The summed E-state index contributed by atoms with van der Waals surface area (Å²) in [5, 5.41) is 6.81. The maximum atomic E-state index is 13.5. The molecule has 192 valence electrons. The molecule has 3 heterocycles. The molecular formula is C27H22F2N6O3. The van der Waals surface area contributed by atoms with Gasteiger partial charge in [0.15, 0.2) is 11.6 Å². The Morgan fingerprint density at radius 2 is 1.89 bits per heavy atom. The van der Waals surface area contributed by atoms with Crippen LogP contribution in [0.4, 0.5) is 14.6 Å². The molecule has 11 heteroatoms. The number of hydrogen-bond donors (Lipinski definition) is 2. The second-order valence-electron chi connectivity index (χ2n) is 8.50. The van der Waals surface area contributed by atoms with Gasteiger partial charge in [-0.3, -0.25) is 14.2 Å². The van der Waals surface area contributed by atoms with Crippen LogP contribution in [0.2, 0.25) is 0 Å². The SMILES string of the molecule is O=C(NCc1ccc2ncnc(NCCc3ccco3)c2c1)c1cncn(Cc2ccc(F)c(F)c2)c1=O. The number of fused-ring (bicyclic) bond motifs is 1. The van der Waals surface area contributed by atoms with Crippen LogP contribution in [0.1, 0.15) is 27.2 Å². The molecule has 0 unspecified atom stereocenters. The molecule has 0 aliphatic rings. The number of nitrogens with zero attached hydrogens (tertiary/aromatic N) is 4.